The minimum atomic E-state index is -1.01. The van der Waals surface area contributed by atoms with Crippen molar-refractivity contribution in [2.45, 2.75) is 84.0 Å². The van der Waals surface area contributed by atoms with Crippen LogP contribution in [0.1, 0.15) is 65.7 Å². The van der Waals surface area contributed by atoms with E-state index in [2.05, 4.69) is 20.8 Å². The normalized spacial score (nSPS) is 58.4. The van der Waals surface area contributed by atoms with Crippen LogP contribution in [0, 0.1) is 40.4 Å². The smallest absolute Gasteiger partial charge is 0.136 e. The summed E-state index contributed by atoms with van der Waals surface area (Å²) in [6.07, 6.45) is 3.71. The van der Waals surface area contributed by atoms with Gasteiger partial charge in [0.2, 0.25) is 0 Å². The van der Waals surface area contributed by atoms with E-state index in [1.807, 2.05) is 0 Å². The fourth-order valence-corrected chi connectivity index (χ4v) is 7.97. The number of fused-ring (bicyclic) bond motifs is 5. The molecule has 0 heterocycles. The van der Waals surface area contributed by atoms with Crippen molar-refractivity contribution in [3.8, 4) is 0 Å². The molecule has 25 heavy (non-hydrogen) atoms. The second-order valence-electron chi connectivity index (χ2n) is 9.99. The molecule has 0 amide bonds. The molecule has 0 saturated heterocycles. The number of rotatable bonds is 1. The van der Waals surface area contributed by atoms with E-state index in [4.69, 9.17) is 0 Å². The summed E-state index contributed by atoms with van der Waals surface area (Å²) in [5.74, 6) is 2.17. The number of carbonyl (C=O) groups excluding carboxylic acids is 1. The van der Waals surface area contributed by atoms with E-state index < -0.39 is 18.3 Å². The van der Waals surface area contributed by atoms with Crippen molar-refractivity contribution < 1.29 is 20.1 Å². The van der Waals surface area contributed by atoms with Crippen LogP contribution in [0.5, 0.6) is 0 Å². The number of aliphatic hydroxyl groups excluding tert-OH is 3. The van der Waals surface area contributed by atoms with Crippen molar-refractivity contribution >= 4 is 5.78 Å². The lowest BCUT2D eigenvalue weighted by Crippen LogP contribution is -2.61. The Morgan fingerprint density at radius 3 is 2.36 bits per heavy atom. The molecule has 0 bridgehead atoms. The van der Waals surface area contributed by atoms with Gasteiger partial charge in [0.15, 0.2) is 0 Å². The summed E-state index contributed by atoms with van der Waals surface area (Å²) in [4.78, 5) is 12.6. The van der Waals surface area contributed by atoms with Gasteiger partial charge in [-0.05, 0) is 73.0 Å². The quantitative estimate of drug-likeness (QED) is 0.679. The maximum Gasteiger partial charge on any atom is 0.136 e. The van der Waals surface area contributed by atoms with E-state index in [1.54, 1.807) is 0 Å². The number of ketones is 1. The molecule has 10 atom stereocenters. The van der Waals surface area contributed by atoms with Crippen LogP contribution in [0.3, 0.4) is 0 Å². The van der Waals surface area contributed by atoms with Crippen molar-refractivity contribution in [3.05, 3.63) is 0 Å². The number of Topliss-reactive ketones (excluding diaryl/α,β-unsaturated/α-hetero) is 1. The summed E-state index contributed by atoms with van der Waals surface area (Å²) in [6, 6.07) is 0. The second-order valence-corrected chi connectivity index (χ2v) is 9.99. The van der Waals surface area contributed by atoms with Crippen LogP contribution < -0.4 is 0 Å². The number of hydrogen-bond acceptors (Lipinski definition) is 4. The summed E-state index contributed by atoms with van der Waals surface area (Å²) in [7, 11) is 0. The molecule has 0 aliphatic heterocycles. The first-order chi connectivity index (χ1) is 11.7. The first-order valence-corrected chi connectivity index (χ1v) is 10.3. The SMILES string of the molecule is CC[C@H]1C(=O)C[C@H]2[C@@H]3CC[C@@H]4[C@@H](O)[C@@H](O)[C@@H](O)C[C@]4(C)[C@H]3CC[C@]12C. The Morgan fingerprint density at radius 1 is 0.960 bits per heavy atom. The van der Waals surface area contributed by atoms with Crippen LogP contribution in [-0.2, 0) is 4.79 Å². The van der Waals surface area contributed by atoms with Gasteiger partial charge in [-0.15, -0.1) is 0 Å². The van der Waals surface area contributed by atoms with Gasteiger partial charge in [0, 0.05) is 12.3 Å². The van der Waals surface area contributed by atoms with Crippen LogP contribution >= 0.6 is 0 Å². The van der Waals surface area contributed by atoms with E-state index in [9.17, 15) is 20.1 Å². The van der Waals surface area contributed by atoms with Gasteiger partial charge in [-0.25, -0.2) is 0 Å². The summed E-state index contributed by atoms with van der Waals surface area (Å²) in [6.45, 7) is 6.72. The molecular weight excluding hydrogens is 316 g/mol. The zero-order valence-electron chi connectivity index (χ0n) is 15.8. The third-order valence-electron chi connectivity index (χ3n) is 9.20. The molecule has 0 aromatic heterocycles. The van der Waals surface area contributed by atoms with Crippen LogP contribution in [0.25, 0.3) is 0 Å². The highest BCUT2D eigenvalue weighted by Gasteiger charge is 2.63. The average Bonchev–Trinajstić information content (AvgIpc) is 2.82. The van der Waals surface area contributed by atoms with Gasteiger partial charge >= 0.3 is 0 Å². The Morgan fingerprint density at radius 2 is 1.68 bits per heavy atom. The average molecular weight is 350 g/mol. The fourth-order valence-electron chi connectivity index (χ4n) is 7.97. The van der Waals surface area contributed by atoms with E-state index in [0.717, 1.165) is 38.5 Å². The Balaban J connectivity index is 1.66. The summed E-state index contributed by atoms with van der Waals surface area (Å²) < 4.78 is 0. The fraction of sp³-hybridized carbons (Fsp3) is 0.952. The molecule has 4 nitrogen and oxygen atoms in total. The first-order valence-electron chi connectivity index (χ1n) is 10.3. The molecule has 4 saturated carbocycles. The van der Waals surface area contributed by atoms with Crippen molar-refractivity contribution in [2.75, 3.05) is 0 Å². The van der Waals surface area contributed by atoms with Crippen LogP contribution in [0.2, 0.25) is 0 Å². The van der Waals surface area contributed by atoms with Gasteiger partial charge in [-0.1, -0.05) is 20.8 Å². The molecule has 0 unspecified atom stereocenters. The monoisotopic (exact) mass is 350 g/mol. The molecule has 0 spiro atoms. The molecule has 4 fully saturated rings. The predicted molar refractivity (Wildman–Crippen MR) is 94.7 cm³/mol. The molecule has 0 aromatic carbocycles. The van der Waals surface area contributed by atoms with Crippen molar-refractivity contribution in [3.63, 3.8) is 0 Å². The third kappa shape index (κ3) is 2.26. The zero-order chi connectivity index (χ0) is 18.1. The van der Waals surface area contributed by atoms with Gasteiger partial charge < -0.3 is 15.3 Å². The second kappa shape index (κ2) is 5.77. The van der Waals surface area contributed by atoms with E-state index in [0.29, 0.717) is 30.0 Å². The number of hydrogen-bond donors (Lipinski definition) is 3. The Labute approximate surface area is 151 Å². The molecule has 0 aromatic rings. The maximum absolute atomic E-state index is 12.6. The standard InChI is InChI=1S/C21H34O4/c1-4-12-16(22)9-15-11-5-6-14-18(24)19(25)17(23)10-21(14,3)13(11)7-8-20(12,15)2/h11-15,17-19,23-25H,4-10H2,1-3H3/t11-,12+,13+,14-,15+,17+,18-,19+,20-,21-/m1/s1. The molecule has 142 valence electrons. The maximum atomic E-state index is 12.6. The molecule has 4 heteroatoms. The van der Waals surface area contributed by atoms with Crippen LogP contribution in [0.15, 0.2) is 0 Å². The highest BCUT2D eigenvalue weighted by atomic mass is 16.4. The summed E-state index contributed by atoms with van der Waals surface area (Å²) >= 11 is 0. The Kier molecular flexibility index (Phi) is 4.14. The van der Waals surface area contributed by atoms with Crippen molar-refractivity contribution in [2.24, 2.45) is 40.4 Å². The summed E-state index contributed by atoms with van der Waals surface area (Å²) in [5.41, 5.74) is 0.0112. The largest absolute Gasteiger partial charge is 0.390 e. The van der Waals surface area contributed by atoms with E-state index >= 15 is 0 Å². The number of aliphatic hydroxyl groups is 3. The lowest BCUT2D eigenvalue weighted by molar-refractivity contribution is -0.207. The first kappa shape index (κ1) is 17.9. The molecule has 0 radical (unpaired) electrons. The summed E-state index contributed by atoms with van der Waals surface area (Å²) in [5, 5.41) is 31.1. The van der Waals surface area contributed by atoms with Gasteiger partial charge in [-0.2, -0.15) is 0 Å². The van der Waals surface area contributed by atoms with Crippen LogP contribution in [-0.4, -0.2) is 39.4 Å². The highest BCUT2D eigenvalue weighted by molar-refractivity contribution is 5.84. The predicted octanol–water partition coefficient (Wildman–Crippen LogP) is 2.54. The van der Waals surface area contributed by atoms with E-state index in [1.165, 1.54) is 0 Å². The lowest BCUT2D eigenvalue weighted by atomic mass is 9.44. The minimum Gasteiger partial charge on any atom is -0.390 e. The third-order valence-corrected chi connectivity index (χ3v) is 9.20. The molecular formula is C21H34O4. The van der Waals surface area contributed by atoms with Crippen LogP contribution in [0.4, 0.5) is 0 Å². The Bertz CT molecular complexity index is 562. The molecule has 4 aliphatic rings. The van der Waals surface area contributed by atoms with E-state index in [-0.39, 0.29) is 22.7 Å². The molecule has 4 rings (SSSR count). The van der Waals surface area contributed by atoms with Crippen molar-refractivity contribution in [1.29, 1.82) is 0 Å². The van der Waals surface area contributed by atoms with Crippen molar-refractivity contribution in [1.82, 2.24) is 0 Å². The zero-order valence-corrected chi connectivity index (χ0v) is 15.8. The highest BCUT2D eigenvalue weighted by Crippen LogP contribution is 2.67. The Hall–Kier alpha value is -0.450. The van der Waals surface area contributed by atoms with Gasteiger partial charge in [-0.3, -0.25) is 4.79 Å². The van der Waals surface area contributed by atoms with Gasteiger partial charge in [0.05, 0.1) is 12.2 Å². The van der Waals surface area contributed by atoms with Gasteiger partial charge in [0.25, 0.3) is 0 Å². The molecule has 3 N–H and O–H groups in total. The topological polar surface area (TPSA) is 77.8 Å². The van der Waals surface area contributed by atoms with Gasteiger partial charge in [0.1, 0.15) is 11.9 Å². The molecule has 4 aliphatic carbocycles. The lowest BCUT2D eigenvalue weighted by Gasteiger charge is -2.62. The number of carbonyl (C=O) groups is 1. The minimum absolute atomic E-state index is 0.0654.